The summed E-state index contributed by atoms with van der Waals surface area (Å²) in [5, 5.41) is 4.33. The molecule has 11 heteroatoms. The van der Waals surface area contributed by atoms with Gasteiger partial charge in [0.2, 0.25) is 5.91 Å². The van der Waals surface area contributed by atoms with Crippen molar-refractivity contribution in [3.63, 3.8) is 0 Å². The van der Waals surface area contributed by atoms with Crippen LogP contribution in [0.3, 0.4) is 0 Å². The summed E-state index contributed by atoms with van der Waals surface area (Å²) >= 11 is 0. The molecule has 1 N–H and O–H groups in total. The first-order valence-electron chi connectivity index (χ1n) is 10.7. The number of pyridine rings is 1. The molecule has 3 amide bonds. The molecule has 0 unspecified atom stereocenters. The zero-order chi connectivity index (χ0) is 24.5. The second-order valence-corrected chi connectivity index (χ2v) is 11.2. The molecular weight excluding hydrogens is 466 g/mol. The van der Waals surface area contributed by atoms with Gasteiger partial charge in [0, 0.05) is 44.4 Å². The quantitative estimate of drug-likeness (QED) is 0.249. The van der Waals surface area contributed by atoms with Crippen molar-refractivity contribution in [1.82, 2.24) is 15.4 Å². The van der Waals surface area contributed by atoms with Gasteiger partial charge in [0.25, 0.3) is 11.8 Å². The van der Waals surface area contributed by atoms with Crippen LogP contribution >= 0.6 is 21.6 Å². The number of amides is 3. The number of hydrogen-bond donors (Lipinski definition) is 1. The highest BCUT2D eigenvalue weighted by Crippen LogP contribution is 2.29. The minimum atomic E-state index is -0.953. The Morgan fingerprint density at radius 3 is 2.48 bits per heavy atom. The van der Waals surface area contributed by atoms with Crippen LogP contribution in [0, 0.1) is 5.41 Å². The zero-order valence-electron chi connectivity index (χ0n) is 19.4. The van der Waals surface area contributed by atoms with E-state index in [-0.39, 0.29) is 25.4 Å². The van der Waals surface area contributed by atoms with Crippen molar-refractivity contribution in [3.05, 3.63) is 24.4 Å². The second-order valence-electron chi connectivity index (χ2n) is 8.80. The van der Waals surface area contributed by atoms with Crippen LogP contribution in [0.1, 0.15) is 53.4 Å². The number of nitrogens with zero attached hydrogens (tertiary/aromatic N) is 2. The van der Waals surface area contributed by atoms with Crippen molar-refractivity contribution < 1.29 is 28.8 Å². The first-order chi connectivity index (χ1) is 15.5. The van der Waals surface area contributed by atoms with Crippen molar-refractivity contribution in [2.24, 2.45) is 5.41 Å². The van der Waals surface area contributed by atoms with Gasteiger partial charge in [-0.15, -0.1) is 5.06 Å². The summed E-state index contributed by atoms with van der Waals surface area (Å²) in [7, 11) is 3.11. The number of rotatable bonds is 13. The average Bonchev–Trinajstić information content (AvgIpc) is 3.08. The highest BCUT2D eigenvalue weighted by Gasteiger charge is 2.38. The lowest BCUT2D eigenvalue weighted by Gasteiger charge is -2.29. The molecule has 1 aliphatic heterocycles. The van der Waals surface area contributed by atoms with Crippen LogP contribution in [0.5, 0.6) is 0 Å². The summed E-state index contributed by atoms with van der Waals surface area (Å²) in [6, 6.07) is 5.70. The van der Waals surface area contributed by atoms with Crippen molar-refractivity contribution in [2.45, 2.75) is 64.0 Å². The maximum Gasteiger partial charge on any atom is 0.338 e. The summed E-state index contributed by atoms with van der Waals surface area (Å²) < 4.78 is 5.87. The van der Waals surface area contributed by atoms with E-state index >= 15 is 0 Å². The number of hydrogen-bond acceptors (Lipinski definition) is 9. The Hall–Kier alpha value is -2.11. The molecule has 0 spiro atoms. The normalized spacial score (nSPS) is 14.5. The number of carbonyl (C=O) groups is 4. The molecule has 2 heterocycles. The van der Waals surface area contributed by atoms with Gasteiger partial charge >= 0.3 is 5.97 Å². The Morgan fingerprint density at radius 1 is 1.15 bits per heavy atom. The molecule has 9 nitrogen and oxygen atoms in total. The van der Waals surface area contributed by atoms with Crippen LogP contribution in [0.4, 0.5) is 0 Å². The third-order valence-corrected chi connectivity index (χ3v) is 7.12. The van der Waals surface area contributed by atoms with Crippen LogP contribution in [0.2, 0.25) is 0 Å². The van der Waals surface area contributed by atoms with Gasteiger partial charge in [0.1, 0.15) is 5.03 Å². The summed E-state index contributed by atoms with van der Waals surface area (Å²) in [6.07, 6.45) is 2.54. The number of ether oxygens (including phenoxy) is 1. The molecule has 2 rings (SSSR count). The minimum absolute atomic E-state index is 0.0529. The molecule has 0 radical (unpaired) electrons. The Labute approximate surface area is 202 Å². The third kappa shape index (κ3) is 9.34. The van der Waals surface area contributed by atoms with Crippen LogP contribution in [-0.2, 0) is 28.8 Å². The van der Waals surface area contributed by atoms with E-state index in [0.717, 1.165) is 5.03 Å². The van der Waals surface area contributed by atoms with E-state index < -0.39 is 28.8 Å². The Bertz CT molecular complexity index is 832. The zero-order valence-corrected chi connectivity index (χ0v) is 21.1. The molecule has 1 aromatic rings. The van der Waals surface area contributed by atoms with E-state index in [1.54, 1.807) is 30.8 Å². The molecule has 33 heavy (non-hydrogen) atoms. The topological polar surface area (TPSA) is 115 Å². The molecule has 1 saturated heterocycles. The lowest BCUT2D eigenvalue weighted by atomic mass is 9.90. The van der Waals surface area contributed by atoms with E-state index in [9.17, 15) is 19.2 Å². The summed E-state index contributed by atoms with van der Waals surface area (Å²) in [6.45, 7) is 7.60. The smallest absolute Gasteiger partial charge is 0.338 e. The molecule has 0 saturated carbocycles. The average molecular weight is 498 g/mol. The number of hydroxylamine groups is 2. The van der Waals surface area contributed by atoms with Crippen LogP contribution < -0.4 is 5.32 Å². The third-order valence-electron chi connectivity index (χ3n) is 4.86. The van der Waals surface area contributed by atoms with Crippen molar-refractivity contribution in [3.8, 4) is 0 Å². The van der Waals surface area contributed by atoms with Gasteiger partial charge in [-0.05, 0) is 57.0 Å². The minimum Gasteiger partial charge on any atom is -0.374 e. The molecule has 1 fully saturated rings. The highest BCUT2D eigenvalue weighted by atomic mass is 33.1. The molecule has 0 bridgehead atoms. The van der Waals surface area contributed by atoms with E-state index in [1.807, 2.05) is 32.0 Å². The summed E-state index contributed by atoms with van der Waals surface area (Å²) in [5.41, 5.74) is -1.59. The fourth-order valence-corrected chi connectivity index (χ4v) is 4.50. The molecule has 0 aliphatic carbocycles. The van der Waals surface area contributed by atoms with E-state index in [4.69, 9.17) is 9.57 Å². The first-order valence-corrected chi connectivity index (χ1v) is 13.0. The van der Waals surface area contributed by atoms with E-state index in [2.05, 4.69) is 10.3 Å². The van der Waals surface area contributed by atoms with Gasteiger partial charge in [-0.25, -0.2) is 9.78 Å². The van der Waals surface area contributed by atoms with Gasteiger partial charge in [0.15, 0.2) is 0 Å². The summed E-state index contributed by atoms with van der Waals surface area (Å²) in [5.74, 6) is -1.09. The standard InChI is InChI=1S/C22H31N3O6S2/c1-21(2,20(29)31-25-18(27)8-9-19(25)28)11-13-30-22(3,4)15-24-16(26)10-14-32-33-17-7-5-6-12-23-17/h5-7,12H,8-11,13-15H2,1-4H3,(H,24,26). The fraction of sp³-hybridized carbons (Fsp3) is 0.591. The Kier molecular flexibility index (Phi) is 10.2. The van der Waals surface area contributed by atoms with Gasteiger partial charge in [0.05, 0.1) is 11.0 Å². The van der Waals surface area contributed by atoms with Gasteiger partial charge in [-0.1, -0.05) is 16.9 Å². The molecular formula is C22H31N3O6S2. The van der Waals surface area contributed by atoms with Gasteiger partial charge in [-0.2, -0.15) is 0 Å². The Morgan fingerprint density at radius 2 is 1.85 bits per heavy atom. The van der Waals surface area contributed by atoms with Crippen molar-refractivity contribution in [1.29, 1.82) is 0 Å². The van der Waals surface area contributed by atoms with Crippen LogP contribution in [0.25, 0.3) is 0 Å². The maximum absolute atomic E-state index is 12.4. The molecule has 1 aromatic heterocycles. The molecule has 0 atom stereocenters. The highest BCUT2D eigenvalue weighted by molar-refractivity contribution is 8.76. The van der Waals surface area contributed by atoms with Crippen molar-refractivity contribution >= 4 is 45.3 Å². The van der Waals surface area contributed by atoms with Gasteiger partial charge < -0.3 is 14.9 Å². The number of carbonyl (C=O) groups excluding carboxylic acids is 4. The molecule has 0 aromatic carbocycles. The largest absolute Gasteiger partial charge is 0.374 e. The predicted octanol–water partition coefficient (Wildman–Crippen LogP) is 3.15. The number of imide groups is 1. The van der Waals surface area contributed by atoms with E-state index in [1.165, 1.54) is 10.8 Å². The van der Waals surface area contributed by atoms with E-state index in [0.29, 0.717) is 30.2 Å². The Balaban J connectivity index is 1.64. The summed E-state index contributed by atoms with van der Waals surface area (Å²) in [4.78, 5) is 57.0. The molecule has 1 aliphatic rings. The SMILES string of the molecule is CC(C)(CNC(=O)CCSSc1ccccn1)OCCC(C)(C)C(=O)ON1C(=O)CCC1=O. The van der Waals surface area contributed by atoms with Gasteiger partial charge in [-0.3, -0.25) is 14.4 Å². The second kappa shape index (κ2) is 12.4. The van der Waals surface area contributed by atoms with Crippen LogP contribution in [0.15, 0.2) is 29.4 Å². The maximum atomic E-state index is 12.4. The number of nitrogens with one attached hydrogen (secondary N) is 1. The number of aromatic nitrogens is 1. The van der Waals surface area contributed by atoms with Crippen molar-refractivity contribution in [2.75, 3.05) is 18.9 Å². The molecule has 182 valence electrons. The lowest BCUT2D eigenvalue weighted by molar-refractivity contribution is -0.205. The lowest BCUT2D eigenvalue weighted by Crippen LogP contribution is -2.42. The van der Waals surface area contributed by atoms with Crippen LogP contribution in [-0.4, -0.2) is 58.2 Å². The predicted molar refractivity (Wildman–Crippen MR) is 126 cm³/mol. The fourth-order valence-electron chi connectivity index (χ4n) is 2.63. The monoisotopic (exact) mass is 497 g/mol. The first kappa shape index (κ1) is 27.1.